The summed E-state index contributed by atoms with van der Waals surface area (Å²) in [5.41, 5.74) is -0.132. The van der Waals surface area contributed by atoms with Gasteiger partial charge < -0.3 is 5.11 Å². The van der Waals surface area contributed by atoms with Crippen LogP contribution in [-0.2, 0) is 0 Å². The third-order valence-electron chi connectivity index (χ3n) is 1.25. The Hall–Kier alpha value is -0.0700. The molecular weight excluding hydrogens is 257 g/mol. The fraction of sp³-hybridized carbons (Fsp3) is 0.333. The maximum Gasteiger partial charge on any atom is 0.418 e. The molecule has 12 heavy (non-hydrogen) atoms. The first-order chi connectivity index (χ1) is 5.43. The zero-order chi connectivity index (χ0) is 9.35. The van der Waals surface area contributed by atoms with E-state index in [1.54, 1.807) is 0 Å². The van der Waals surface area contributed by atoms with Crippen molar-refractivity contribution in [1.82, 2.24) is 0 Å². The summed E-state index contributed by atoms with van der Waals surface area (Å²) in [5.74, 6) is 0. The first-order valence-electron chi connectivity index (χ1n) is 2.89. The molecular formula is C6H4BrF3OS. The van der Waals surface area contributed by atoms with Crippen molar-refractivity contribution in [1.29, 1.82) is 0 Å². The fourth-order valence-electron chi connectivity index (χ4n) is 0.663. The van der Waals surface area contributed by atoms with Crippen LogP contribution >= 0.6 is 27.3 Å². The first kappa shape index (κ1) is 10.0. The molecule has 0 aliphatic heterocycles. The standard InChI is InChI=1S/C6H4BrF3OS/c7-4-2-12-1-3(4)5(11)6(8,9)10/h1-2,5,11H/t5-/m1/s1. The van der Waals surface area contributed by atoms with E-state index >= 15 is 0 Å². The van der Waals surface area contributed by atoms with Crippen LogP contribution in [0.5, 0.6) is 0 Å². The van der Waals surface area contributed by atoms with E-state index in [1.165, 1.54) is 10.8 Å². The molecule has 0 saturated heterocycles. The number of hydrogen-bond donors (Lipinski definition) is 1. The highest BCUT2D eigenvalue weighted by atomic mass is 79.9. The van der Waals surface area contributed by atoms with E-state index < -0.39 is 12.3 Å². The molecule has 1 N–H and O–H groups in total. The molecule has 6 heteroatoms. The van der Waals surface area contributed by atoms with Gasteiger partial charge in [0.15, 0.2) is 6.10 Å². The van der Waals surface area contributed by atoms with Crippen molar-refractivity contribution in [3.8, 4) is 0 Å². The van der Waals surface area contributed by atoms with Crippen LogP contribution in [0.1, 0.15) is 11.7 Å². The van der Waals surface area contributed by atoms with Crippen LogP contribution in [0, 0.1) is 0 Å². The third-order valence-corrected chi connectivity index (χ3v) is 3.00. The maximum atomic E-state index is 11.9. The Morgan fingerprint density at radius 3 is 2.33 bits per heavy atom. The van der Waals surface area contributed by atoms with Crippen LogP contribution in [0.15, 0.2) is 15.2 Å². The van der Waals surface area contributed by atoms with Crippen LogP contribution in [0.3, 0.4) is 0 Å². The third kappa shape index (κ3) is 1.99. The highest BCUT2D eigenvalue weighted by molar-refractivity contribution is 9.10. The molecule has 0 bridgehead atoms. The topological polar surface area (TPSA) is 20.2 Å². The highest BCUT2D eigenvalue weighted by Crippen LogP contribution is 2.37. The normalized spacial score (nSPS) is 14.8. The van der Waals surface area contributed by atoms with Gasteiger partial charge in [-0.3, -0.25) is 0 Å². The second-order valence-corrected chi connectivity index (χ2v) is 3.72. The van der Waals surface area contributed by atoms with E-state index in [2.05, 4.69) is 15.9 Å². The van der Waals surface area contributed by atoms with Gasteiger partial charge in [-0.25, -0.2) is 0 Å². The lowest BCUT2D eigenvalue weighted by Crippen LogP contribution is -2.19. The largest absolute Gasteiger partial charge is 0.418 e. The Morgan fingerprint density at radius 2 is 2.00 bits per heavy atom. The van der Waals surface area contributed by atoms with Gasteiger partial charge in [-0.2, -0.15) is 24.5 Å². The summed E-state index contributed by atoms with van der Waals surface area (Å²) >= 11 is 4.01. The SMILES string of the molecule is O[C@H](c1cscc1Br)C(F)(F)F. The van der Waals surface area contributed by atoms with Crippen LogP contribution in [0.4, 0.5) is 13.2 Å². The number of alkyl halides is 3. The smallest absolute Gasteiger partial charge is 0.379 e. The predicted molar refractivity (Wildman–Crippen MR) is 43.0 cm³/mol. The zero-order valence-electron chi connectivity index (χ0n) is 5.60. The molecule has 68 valence electrons. The molecule has 0 fully saturated rings. The van der Waals surface area contributed by atoms with Gasteiger partial charge in [0, 0.05) is 15.4 Å². The Kier molecular flexibility index (Phi) is 2.80. The van der Waals surface area contributed by atoms with Crippen LogP contribution in [-0.4, -0.2) is 11.3 Å². The summed E-state index contributed by atoms with van der Waals surface area (Å²) in [7, 11) is 0. The van der Waals surface area contributed by atoms with Gasteiger partial charge in [-0.15, -0.1) is 0 Å². The molecule has 0 radical (unpaired) electrons. The van der Waals surface area contributed by atoms with Gasteiger partial charge in [0.1, 0.15) is 0 Å². The van der Waals surface area contributed by atoms with Gasteiger partial charge in [0.05, 0.1) is 0 Å². The fourth-order valence-corrected chi connectivity index (χ4v) is 2.20. The average molecular weight is 261 g/mol. The van der Waals surface area contributed by atoms with Crippen molar-refractivity contribution in [3.63, 3.8) is 0 Å². The lowest BCUT2D eigenvalue weighted by Gasteiger charge is -2.13. The summed E-state index contributed by atoms with van der Waals surface area (Å²) in [6.07, 6.45) is -6.98. The molecule has 1 heterocycles. The minimum atomic E-state index is -4.59. The molecule has 1 aromatic rings. The number of hydrogen-bond acceptors (Lipinski definition) is 2. The van der Waals surface area contributed by atoms with Gasteiger partial charge in [0.25, 0.3) is 0 Å². The number of rotatable bonds is 1. The van der Waals surface area contributed by atoms with E-state index in [4.69, 9.17) is 5.11 Å². The van der Waals surface area contributed by atoms with E-state index in [1.807, 2.05) is 0 Å². The van der Waals surface area contributed by atoms with E-state index in [9.17, 15) is 13.2 Å². The molecule has 1 atom stereocenters. The lowest BCUT2D eigenvalue weighted by atomic mass is 10.2. The second kappa shape index (κ2) is 3.35. The van der Waals surface area contributed by atoms with Crippen molar-refractivity contribution in [2.75, 3.05) is 0 Å². The predicted octanol–water partition coefficient (Wildman–Crippen LogP) is 3.11. The molecule has 0 amide bonds. The molecule has 1 aromatic heterocycles. The monoisotopic (exact) mass is 260 g/mol. The summed E-state index contributed by atoms with van der Waals surface area (Å²) in [6.45, 7) is 0. The van der Waals surface area contributed by atoms with E-state index in [0.717, 1.165) is 11.3 Å². The molecule has 0 aliphatic carbocycles. The summed E-state index contributed by atoms with van der Waals surface area (Å²) < 4.78 is 36.1. The number of aliphatic hydroxyl groups is 1. The van der Waals surface area contributed by atoms with Gasteiger partial charge in [0.2, 0.25) is 0 Å². The highest BCUT2D eigenvalue weighted by Gasteiger charge is 2.40. The van der Waals surface area contributed by atoms with Crippen LogP contribution in [0.25, 0.3) is 0 Å². The Bertz CT molecular complexity index is 270. The van der Waals surface area contributed by atoms with Crippen molar-refractivity contribution in [2.45, 2.75) is 12.3 Å². The number of aliphatic hydroxyl groups excluding tert-OH is 1. The zero-order valence-corrected chi connectivity index (χ0v) is 8.00. The quantitative estimate of drug-likeness (QED) is 0.823. The summed E-state index contributed by atoms with van der Waals surface area (Å²) in [5, 5.41) is 11.5. The van der Waals surface area contributed by atoms with Gasteiger partial charge in [-0.05, 0) is 21.3 Å². The Labute approximate surface area is 79.0 Å². The summed E-state index contributed by atoms with van der Waals surface area (Å²) in [6, 6.07) is 0. The number of thiophene rings is 1. The maximum absolute atomic E-state index is 11.9. The molecule has 1 nitrogen and oxygen atoms in total. The Morgan fingerprint density at radius 1 is 1.42 bits per heavy atom. The molecule has 0 aromatic carbocycles. The lowest BCUT2D eigenvalue weighted by molar-refractivity contribution is -0.206. The van der Waals surface area contributed by atoms with E-state index in [-0.39, 0.29) is 10.0 Å². The Balaban J connectivity index is 2.92. The average Bonchev–Trinajstić information content (AvgIpc) is 2.31. The second-order valence-electron chi connectivity index (χ2n) is 2.12. The molecule has 0 unspecified atom stereocenters. The van der Waals surface area contributed by atoms with Crippen molar-refractivity contribution in [2.24, 2.45) is 0 Å². The van der Waals surface area contributed by atoms with Crippen molar-refractivity contribution < 1.29 is 18.3 Å². The van der Waals surface area contributed by atoms with Crippen molar-refractivity contribution >= 4 is 27.3 Å². The number of halogens is 4. The molecule has 0 aliphatic rings. The summed E-state index contributed by atoms with van der Waals surface area (Å²) in [4.78, 5) is 0. The van der Waals surface area contributed by atoms with E-state index in [0.29, 0.717) is 0 Å². The van der Waals surface area contributed by atoms with Crippen molar-refractivity contribution in [3.05, 3.63) is 20.8 Å². The van der Waals surface area contributed by atoms with Crippen LogP contribution in [0.2, 0.25) is 0 Å². The van der Waals surface area contributed by atoms with Crippen LogP contribution < -0.4 is 0 Å². The molecule has 0 saturated carbocycles. The molecule has 0 spiro atoms. The molecule has 1 rings (SSSR count). The minimum Gasteiger partial charge on any atom is -0.379 e. The minimum absolute atomic E-state index is 0.132. The van der Waals surface area contributed by atoms with Gasteiger partial charge in [-0.1, -0.05) is 0 Å². The van der Waals surface area contributed by atoms with Gasteiger partial charge >= 0.3 is 6.18 Å². The first-order valence-corrected chi connectivity index (χ1v) is 4.63.